The van der Waals surface area contributed by atoms with Crippen LogP contribution in [0.3, 0.4) is 0 Å². The number of rotatable bonds is 3. The summed E-state index contributed by atoms with van der Waals surface area (Å²) in [4.78, 5) is 11.5. The third kappa shape index (κ3) is 2.53. The van der Waals surface area contributed by atoms with E-state index in [2.05, 4.69) is 6.33 Å². The van der Waals surface area contributed by atoms with Crippen molar-refractivity contribution in [1.29, 1.82) is 0 Å². The van der Waals surface area contributed by atoms with Gasteiger partial charge in [0.15, 0.2) is 0 Å². The summed E-state index contributed by atoms with van der Waals surface area (Å²) in [5.41, 5.74) is 1.52. The summed E-state index contributed by atoms with van der Waals surface area (Å²) in [6.45, 7) is 2.18. The summed E-state index contributed by atoms with van der Waals surface area (Å²) in [7, 11) is 1.91. The molecule has 0 N–H and O–H groups in total. The highest BCUT2D eigenvalue weighted by Gasteiger charge is 2.05. The van der Waals surface area contributed by atoms with Crippen LogP contribution in [0.4, 0.5) is 0 Å². The molecule has 88 valence electrons. The summed E-state index contributed by atoms with van der Waals surface area (Å²) in [5.74, 6) is -0.291. The van der Waals surface area contributed by atoms with E-state index in [1.54, 1.807) is 19.1 Å². The molecule has 0 saturated heterocycles. The standard InChI is InChI=1S/C13H14N2O2/c1-3-17-13(16)11-4-6-12(7-5-11)15-9-8-14(2)10-15/h4-9H,3H2,1-2H3. The maximum Gasteiger partial charge on any atom is 0.338 e. The fraction of sp³-hybridized carbons (Fsp3) is 0.231. The highest BCUT2D eigenvalue weighted by molar-refractivity contribution is 5.89. The third-order valence-electron chi connectivity index (χ3n) is 2.36. The Kier molecular flexibility index (Phi) is 3.23. The number of carbonyl (C=O) groups is 1. The number of hydrogen-bond donors (Lipinski definition) is 0. The van der Waals surface area contributed by atoms with Gasteiger partial charge in [-0.15, -0.1) is 0 Å². The van der Waals surface area contributed by atoms with E-state index in [4.69, 9.17) is 4.74 Å². The second-order valence-corrected chi connectivity index (χ2v) is 3.65. The van der Waals surface area contributed by atoms with Crippen LogP contribution in [0.2, 0.25) is 0 Å². The number of hydrogen-bond acceptors (Lipinski definition) is 2. The number of imidazole rings is 1. The molecule has 1 aromatic carbocycles. The first-order valence-corrected chi connectivity index (χ1v) is 5.44. The number of esters is 1. The van der Waals surface area contributed by atoms with Crippen LogP contribution in [0.5, 0.6) is 0 Å². The zero-order valence-electron chi connectivity index (χ0n) is 9.88. The van der Waals surface area contributed by atoms with Crippen molar-refractivity contribution in [2.24, 2.45) is 7.05 Å². The molecule has 1 aromatic heterocycles. The summed E-state index contributed by atoms with van der Waals surface area (Å²) in [6.07, 6.45) is 6.89. The van der Waals surface area contributed by atoms with Crippen LogP contribution >= 0.6 is 0 Å². The molecular formula is C13H14N2O2. The minimum Gasteiger partial charge on any atom is -0.462 e. The Labute approximate surface area is 100 Å². The fourth-order valence-electron chi connectivity index (χ4n) is 1.52. The predicted molar refractivity (Wildman–Crippen MR) is 61.7 cm³/mol. The van der Waals surface area contributed by atoms with Crippen molar-refractivity contribution in [2.45, 2.75) is 6.92 Å². The molecule has 4 nitrogen and oxygen atoms in total. The second-order valence-electron chi connectivity index (χ2n) is 3.65. The van der Waals surface area contributed by atoms with Crippen molar-refractivity contribution in [2.75, 3.05) is 6.61 Å². The molecule has 1 heterocycles. The van der Waals surface area contributed by atoms with E-state index < -0.39 is 0 Å². The topological polar surface area (TPSA) is 35.1 Å². The maximum absolute atomic E-state index is 11.5. The molecule has 0 radical (unpaired) electrons. The molecule has 0 atom stereocenters. The van der Waals surface area contributed by atoms with Gasteiger partial charge in [0.1, 0.15) is 0 Å². The van der Waals surface area contributed by atoms with Crippen molar-refractivity contribution >= 4 is 5.97 Å². The largest absolute Gasteiger partial charge is 0.462 e. The minimum absolute atomic E-state index is 0.291. The lowest BCUT2D eigenvalue weighted by Crippen LogP contribution is -2.24. The Morgan fingerprint density at radius 2 is 2.12 bits per heavy atom. The first-order valence-electron chi connectivity index (χ1n) is 5.44. The second kappa shape index (κ2) is 4.82. The smallest absolute Gasteiger partial charge is 0.338 e. The van der Waals surface area contributed by atoms with Gasteiger partial charge in [-0.05, 0) is 6.92 Å². The van der Waals surface area contributed by atoms with Crippen LogP contribution in [-0.4, -0.2) is 17.1 Å². The molecule has 0 aliphatic heterocycles. The number of benzene rings is 1. The monoisotopic (exact) mass is 230 g/mol. The van der Waals surface area contributed by atoms with Gasteiger partial charge in [-0.25, -0.2) is 4.79 Å². The predicted octanol–water partition coefficient (Wildman–Crippen LogP) is 1.28. The molecule has 0 unspecified atom stereocenters. The molecule has 17 heavy (non-hydrogen) atoms. The van der Waals surface area contributed by atoms with E-state index in [1.807, 2.05) is 40.7 Å². The van der Waals surface area contributed by atoms with Crippen LogP contribution in [-0.2, 0) is 11.8 Å². The van der Waals surface area contributed by atoms with Crippen LogP contribution in [0.25, 0.3) is 5.69 Å². The highest BCUT2D eigenvalue weighted by Crippen LogP contribution is 2.09. The number of carbonyl (C=O) groups excluding carboxylic acids is 1. The molecule has 4 heteroatoms. The first-order chi connectivity index (χ1) is 8.20. The molecule has 0 fully saturated rings. The van der Waals surface area contributed by atoms with E-state index in [1.165, 1.54) is 0 Å². The van der Waals surface area contributed by atoms with E-state index >= 15 is 0 Å². The van der Waals surface area contributed by atoms with Crippen molar-refractivity contribution in [3.8, 4) is 5.69 Å². The van der Waals surface area contributed by atoms with Crippen molar-refractivity contribution < 1.29 is 14.1 Å². The van der Waals surface area contributed by atoms with Gasteiger partial charge >= 0.3 is 5.97 Å². The Morgan fingerprint density at radius 3 is 2.65 bits per heavy atom. The fourth-order valence-corrected chi connectivity index (χ4v) is 1.52. The van der Waals surface area contributed by atoms with E-state index in [-0.39, 0.29) is 5.97 Å². The highest BCUT2D eigenvalue weighted by atomic mass is 16.5. The molecule has 0 spiro atoms. The summed E-state index contributed by atoms with van der Waals surface area (Å²) >= 11 is 0. The number of ether oxygens (including phenoxy) is 1. The maximum atomic E-state index is 11.5. The van der Waals surface area contributed by atoms with Gasteiger partial charge < -0.3 is 13.9 Å². The normalized spacial score (nSPS) is 10.2. The van der Waals surface area contributed by atoms with Crippen LogP contribution in [0, 0.1) is 6.33 Å². The van der Waals surface area contributed by atoms with Gasteiger partial charge in [-0.3, -0.25) is 0 Å². The van der Waals surface area contributed by atoms with Crippen LogP contribution < -0.4 is 4.57 Å². The molecule has 2 aromatic rings. The lowest BCUT2D eigenvalue weighted by molar-refractivity contribution is -0.674. The molecule has 0 bridgehead atoms. The lowest BCUT2D eigenvalue weighted by atomic mass is 10.2. The van der Waals surface area contributed by atoms with E-state index in [9.17, 15) is 4.79 Å². The molecule has 0 amide bonds. The average Bonchev–Trinajstić information content (AvgIpc) is 2.76. The van der Waals surface area contributed by atoms with Gasteiger partial charge in [0, 0.05) is 12.4 Å². The molecule has 0 aliphatic rings. The third-order valence-corrected chi connectivity index (χ3v) is 2.36. The number of aromatic nitrogens is 2. The summed E-state index contributed by atoms with van der Waals surface area (Å²) in [5, 5.41) is 0. The lowest BCUT2D eigenvalue weighted by Gasteiger charge is -2.04. The van der Waals surface area contributed by atoms with Gasteiger partial charge in [0.25, 0.3) is 0 Å². The Morgan fingerprint density at radius 1 is 1.41 bits per heavy atom. The first kappa shape index (κ1) is 11.4. The zero-order valence-corrected chi connectivity index (χ0v) is 9.88. The average molecular weight is 230 g/mol. The van der Waals surface area contributed by atoms with E-state index in [0.717, 1.165) is 5.69 Å². The van der Waals surface area contributed by atoms with Crippen LogP contribution in [0.15, 0.2) is 36.7 Å². The quantitative estimate of drug-likeness (QED) is 0.452. The summed E-state index contributed by atoms with van der Waals surface area (Å²) < 4.78 is 8.61. The molecule has 0 saturated carbocycles. The number of aryl methyl sites for hydroxylation is 1. The van der Waals surface area contributed by atoms with Crippen molar-refractivity contribution in [1.82, 2.24) is 4.57 Å². The zero-order chi connectivity index (χ0) is 12.3. The minimum atomic E-state index is -0.291. The van der Waals surface area contributed by atoms with Gasteiger partial charge in [0.2, 0.25) is 6.33 Å². The Balaban J connectivity index is 2.21. The van der Waals surface area contributed by atoms with E-state index in [0.29, 0.717) is 12.2 Å². The molecule has 2 rings (SSSR count). The van der Waals surface area contributed by atoms with Crippen LogP contribution in [0.1, 0.15) is 17.3 Å². The molecule has 0 aliphatic carbocycles. The van der Waals surface area contributed by atoms with Gasteiger partial charge in [0.05, 0.1) is 24.9 Å². The van der Waals surface area contributed by atoms with Crippen molar-refractivity contribution in [3.63, 3.8) is 0 Å². The summed E-state index contributed by atoms with van der Waals surface area (Å²) in [6, 6.07) is 7.23. The molecular weight excluding hydrogens is 216 g/mol. The Hall–Kier alpha value is -2.10. The SMILES string of the molecule is CCOC(=O)c1ccc(-n2[c-][n+](C)cc2)cc1. The number of nitrogens with zero attached hydrogens (tertiary/aromatic N) is 2. The van der Waals surface area contributed by atoms with Gasteiger partial charge in [-0.1, -0.05) is 24.3 Å². The Bertz CT molecular complexity index is 514. The van der Waals surface area contributed by atoms with Gasteiger partial charge in [-0.2, -0.15) is 0 Å². The van der Waals surface area contributed by atoms with Crippen molar-refractivity contribution in [3.05, 3.63) is 48.5 Å².